The number of carbonyl (C=O) groups is 3. The number of ketones is 1. The number of hydrogen-bond acceptors (Lipinski definition) is 10. The molecule has 274 valence electrons. The largest absolute Gasteiger partial charge is 0.455 e. The number of aliphatic hydroxyl groups excluding tert-OH is 2. The van der Waals surface area contributed by atoms with Crippen LogP contribution < -0.4 is 0 Å². The second-order valence-corrected chi connectivity index (χ2v) is 15.6. The van der Waals surface area contributed by atoms with E-state index in [1.54, 1.807) is 33.8 Å². The average Bonchev–Trinajstić information content (AvgIpc) is 3.11. The van der Waals surface area contributed by atoms with Crippen LogP contribution in [-0.4, -0.2) is 81.4 Å². The summed E-state index contributed by atoms with van der Waals surface area (Å²) in [5.41, 5.74) is -4.31. The molecule has 4 aliphatic rings. The summed E-state index contributed by atoms with van der Waals surface area (Å²) in [5, 5.41) is 39.3. The number of Topliss-reactive ketones (excluding diaryl/α,β-unsaturated/α-hetero) is 1. The molecule has 52 heavy (non-hydrogen) atoms. The molecule has 3 aromatic carbocycles. The Balaban J connectivity index is 1.33. The number of hydrogen-bond donors (Lipinski definition) is 3. The van der Waals surface area contributed by atoms with Crippen molar-refractivity contribution in [2.45, 2.75) is 95.8 Å². The molecule has 3 fully saturated rings. The van der Waals surface area contributed by atoms with E-state index in [2.05, 4.69) is 0 Å². The van der Waals surface area contributed by atoms with Crippen molar-refractivity contribution in [3.8, 4) is 0 Å². The van der Waals surface area contributed by atoms with Crippen molar-refractivity contribution in [2.24, 2.45) is 16.7 Å². The van der Waals surface area contributed by atoms with Gasteiger partial charge >= 0.3 is 11.9 Å². The molecule has 0 radical (unpaired) electrons. The lowest BCUT2D eigenvalue weighted by Crippen LogP contribution is -2.81. The summed E-state index contributed by atoms with van der Waals surface area (Å²) in [7, 11) is 0. The van der Waals surface area contributed by atoms with E-state index in [9.17, 15) is 29.7 Å². The molecule has 10 heteroatoms. The standard InChI is InChI=1S/C42H46O10/c1-24-30(51-33(45)18-16-26-15-17-28-13-9-10-14-29(28)19-26)21-42(48)38(49-22-27-11-7-6-8-12-27)36-40(5,37(47)35(46)34(24)39(42,3)4)31(44)20-32-41(36,23-50-32)52-25(2)43/h6-19,30-32,35-36,38,44,46,48H,20-23H2,1-5H3/b18-16+/t30-,31-,32+,35+,36-,38-,40+,41-,42+/m0/s1. The first-order chi connectivity index (χ1) is 24.6. The van der Waals surface area contributed by atoms with E-state index in [1.807, 2.05) is 72.8 Å². The van der Waals surface area contributed by atoms with E-state index < -0.39 is 76.2 Å². The topological polar surface area (TPSA) is 149 Å². The third-order valence-corrected chi connectivity index (χ3v) is 12.4. The molecule has 0 aromatic heterocycles. The maximum absolute atomic E-state index is 14.8. The lowest BCUT2D eigenvalue weighted by atomic mass is 9.44. The third kappa shape index (κ3) is 5.54. The monoisotopic (exact) mass is 710 g/mol. The maximum Gasteiger partial charge on any atom is 0.331 e. The molecule has 7 rings (SSSR count). The zero-order valence-corrected chi connectivity index (χ0v) is 30.1. The molecule has 3 aliphatic carbocycles. The minimum Gasteiger partial charge on any atom is -0.455 e. The molecule has 2 bridgehead atoms. The molecular weight excluding hydrogens is 664 g/mol. The number of esters is 2. The fourth-order valence-electron chi connectivity index (χ4n) is 9.50. The van der Waals surface area contributed by atoms with Crippen LogP contribution in [0.1, 0.15) is 58.6 Å². The van der Waals surface area contributed by atoms with Gasteiger partial charge in [0.05, 0.1) is 30.8 Å². The molecule has 0 spiro atoms. The van der Waals surface area contributed by atoms with E-state index in [0.717, 1.165) is 21.9 Å². The molecular formula is C42H46O10. The van der Waals surface area contributed by atoms with Crippen molar-refractivity contribution in [3.63, 3.8) is 0 Å². The summed E-state index contributed by atoms with van der Waals surface area (Å²) < 4.78 is 24.8. The van der Waals surface area contributed by atoms with Gasteiger partial charge in [-0.1, -0.05) is 80.6 Å². The van der Waals surface area contributed by atoms with Gasteiger partial charge in [0, 0.05) is 37.2 Å². The first-order valence-corrected chi connectivity index (χ1v) is 17.8. The van der Waals surface area contributed by atoms with Gasteiger partial charge in [0.1, 0.15) is 23.9 Å². The van der Waals surface area contributed by atoms with Gasteiger partial charge in [-0.2, -0.15) is 0 Å². The maximum atomic E-state index is 14.8. The lowest BCUT2D eigenvalue weighted by Gasteiger charge is -2.67. The highest BCUT2D eigenvalue weighted by Gasteiger charge is 2.77. The van der Waals surface area contributed by atoms with Gasteiger partial charge in [-0.25, -0.2) is 4.79 Å². The van der Waals surface area contributed by atoms with Crippen LogP contribution in [0.25, 0.3) is 16.8 Å². The van der Waals surface area contributed by atoms with Crippen LogP contribution in [-0.2, 0) is 39.9 Å². The Bertz CT molecular complexity index is 1970. The quantitative estimate of drug-likeness (QED) is 0.176. The summed E-state index contributed by atoms with van der Waals surface area (Å²) in [5.74, 6) is -3.19. The first kappa shape index (κ1) is 36.2. The molecule has 0 amide bonds. The molecule has 3 N–H and O–H groups in total. The van der Waals surface area contributed by atoms with Gasteiger partial charge in [-0.05, 0) is 59.0 Å². The van der Waals surface area contributed by atoms with Gasteiger partial charge in [0.2, 0.25) is 0 Å². The van der Waals surface area contributed by atoms with Crippen molar-refractivity contribution in [1.29, 1.82) is 0 Å². The smallest absolute Gasteiger partial charge is 0.331 e. The second kappa shape index (κ2) is 13.0. The zero-order chi connectivity index (χ0) is 37.2. The van der Waals surface area contributed by atoms with Crippen molar-refractivity contribution in [2.75, 3.05) is 6.61 Å². The minimum atomic E-state index is -1.94. The van der Waals surface area contributed by atoms with Crippen molar-refractivity contribution < 1.29 is 48.7 Å². The Morgan fingerprint density at radius 1 is 0.981 bits per heavy atom. The molecule has 3 aromatic rings. The summed E-state index contributed by atoms with van der Waals surface area (Å²) in [6.07, 6.45) is -3.52. The van der Waals surface area contributed by atoms with Crippen LogP contribution in [0.4, 0.5) is 0 Å². The average molecular weight is 711 g/mol. The van der Waals surface area contributed by atoms with Gasteiger partial charge in [0.25, 0.3) is 0 Å². The van der Waals surface area contributed by atoms with E-state index in [0.29, 0.717) is 5.57 Å². The highest BCUT2D eigenvalue weighted by atomic mass is 16.6. The number of fused-ring (bicyclic) bond motifs is 6. The fraction of sp³-hybridized carbons (Fsp3) is 0.452. The van der Waals surface area contributed by atoms with Crippen LogP contribution in [0.5, 0.6) is 0 Å². The second-order valence-electron chi connectivity index (χ2n) is 15.6. The Morgan fingerprint density at radius 3 is 2.35 bits per heavy atom. The number of aliphatic hydroxyl groups is 3. The van der Waals surface area contributed by atoms with Crippen LogP contribution in [0.3, 0.4) is 0 Å². The summed E-state index contributed by atoms with van der Waals surface area (Å²) in [6.45, 7) is 7.86. The summed E-state index contributed by atoms with van der Waals surface area (Å²) >= 11 is 0. The summed E-state index contributed by atoms with van der Waals surface area (Å²) in [6, 6.07) is 23.0. The van der Waals surface area contributed by atoms with E-state index in [-0.39, 0.29) is 31.6 Å². The molecule has 1 saturated heterocycles. The van der Waals surface area contributed by atoms with Crippen LogP contribution >= 0.6 is 0 Å². The lowest BCUT2D eigenvalue weighted by molar-refractivity contribution is -0.351. The predicted octanol–water partition coefficient (Wildman–Crippen LogP) is 4.86. The Morgan fingerprint density at radius 2 is 1.67 bits per heavy atom. The highest BCUT2D eigenvalue weighted by molar-refractivity contribution is 5.94. The Labute approximate surface area is 303 Å². The molecule has 0 unspecified atom stereocenters. The number of benzene rings is 3. The van der Waals surface area contributed by atoms with Crippen molar-refractivity contribution in [1.82, 2.24) is 0 Å². The first-order valence-electron chi connectivity index (χ1n) is 17.8. The Kier molecular flexibility index (Phi) is 9.07. The van der Waals surface area contributed by atoms with Crippen LogP contribution in [0.15, 0.2) is 90.0 Å². The van der Waals surface area contributed by atoms with Gasteiger partial charge in [0.15, 0.2) is 11.4 Å². The highest BCUT2D eigenvalue weighted by Crippen LogP contribution is 2.64. The summed E-state index contributed by atoms with van der Waals surface area (Å²) in [4.78, 5) is 41.1. The molecule has 1 aliphatic heterocycles. The SMILES string of the molecule is CC(=O)O[C@@]12CO[C@@H]1C[C@H](O)[C@@]1(C)C(=O)[C@H](O)C3=C(C)[C@@H](OC(=O)/C=C/c4ccc5ccccc5c4)C[C@@](O)([C@@H](OCc4ccccc4)[C@H]21)C3(C)C. The molecule has 9 atom stereocenters. The molecule has 2 saturated carbocycles. The van der Waals surface area contributed by atoms with Crippen molar-refractivity contribution >= 4 is 34.6 Å². The number of carbonyl (C=O) groups excluding carboxylic acids is 3. The fourth-order valence-corrected chi connectivity index (χ4v) is 9.50. The Hall–Kier alpha value is -4.19. The zero-order valence-electron chi connectivity index (χ0n) is 30.1. The normalized spacial score (nSPS) is 35.2. The van der Waals surface area contributed by atoms with E-state index >= 15 is 0 Å². The van der Waals surface area contributed by atoms with Crippen molar-refractivity contribution in [3.05, 3.63) is 101 Å². The van der Waals surface area contributed by atoms with Gasteiger partial charge < -0.3 is 34.3 Å². The third-order valence-electron chi connectivity index (χ3n) is 12.4. The number of ether oxygens (including phenoxy) is 4. The molecule has 10 nitrogen and oxygen atoms in total. The van der Waals surface area contributed by atoms with E-state index in [1.165, 1.54) is 13.0 Å². The van der Waals surface area contributed by atoms with Gasteiger partial charge in [-0.3, -0.25) is 9.59 Å². The van der Waals surface area contributed by atoms with Crippen LogP contribution in [0, 0.1) is 16.7 Å². The predicted molar refractivity (Wildman–Crippen MR) is 191 cm³/mol. The van der Waals surface area contributed by atoms with Gasteiger partial charge in [-0.15, -0.1) is 0 Å². The minimum absolute atomic E-state index is 0.00196. The molecule has 1 heterocycles. The van der Waals surface area contributed by atoms with Crippen LogP contribution in [0.2, 0.25) is 0 Å². The van der Waals surface area contributed by atoms with E-state index in [4.69, 9.17) is 18.9 Å². The number of rotatable bonds is 7.